The number of nitrogens with zero attached hydrogens (tertiary/aromatic N) is 1. The molecule has 0 aromatic heterocycles. The molecular weight excluding hydrogens is 212 g/mol. The molecule has 1 aromatic carbocycles. The SMILES string of the molecule is CCN(C(=O)[C@@H]1CCCN1)c1ccccc1C. The molecule has 0 bridgehead atoms. The number of para-hydroxylation sites is 1. The third-order valence-corrected chi connectivity index (χ3v) is 3.35. The molecule has 1 fully saturated rings. The minimum absolute atomic E-state index is 0.00885. The maximum absolute atomic E-state index is 12.4. The van der Waals surface area contributed by atoms with Gasteiger partial charge in [0.25, 0.3) is 0 Å². The Morgan fingerprint density at radius 3 is 2.82 bits per heavy atom. The predicted molar refractivity (Wildman–Crippen MR) is 70.2 cm³/mol. The molecule has 1 aliphatic rings. The van der Waals surface area contributed by atoms with Crippen molar-refractivity contribution in [3.8, 4) is 0 Å². The molecular formula is C14H20N2O. The molecule has 3 heteroatoms. The molecule has 3 nitrogen and oxygen atoms in total. The molecule has 17 heavy (non-hydrogen) atoms. The van der Waals surface area contributed by atoms with Crippen LogP contribution in [0.15, 0.2) is 24.3 Å². The third-order valence-electron chi connectivity index (χ3n) is 3.35. The molecule has 1 heterocycles. The number of benzene rings is 1. The number of hydrogen-bond donors (Lipinski definition) is 1. The summed E-state index contributed by atoms with van der Waals surface area (Å²) >= 11 is 0. The number of likely N-dealkylation sites (N-methyl/N-ethyl adjacent to an activating group) is 1. The van der Waals surface area contributed by atoms with Crippen LogP contribution in [-0.4, -0.2) is 25.0 Å². The molecule has 1 N–H and O–H groups in total. The van der Waals surface area contributed by atoms with Gasteiger partial charge in [-0.2, -0.15) is 0 Å². The van der Waals surface area contributed by atoms with Crippen molar-refractivity contribution in [1.82, 2.24) is 5.32 Å². The minimum Gasteiger partial charge on any atom is -0.311 e. The zero-order valence-electron chi connectivity index (χ0n) is 10.6. The molecule has 1 aromatic rings. The summed E-state index contributed by atoms with van der Waals surface area (Å²) in [7, 11) is 0. The van der Waals surface area contributed by atoms with E-state index in [9.17, 15) is 4.79 Å². The number of carbonyl (C=O) groups excluding carboxylic acids is 1. The largest absolute Gasteiger partial charge is 0.311 e. The Morgan fingerprint density at radius 1 is 1.47 bits per heavy atom. The molecule has 1 atom stereocenters. The van der Waals surface area contributed by atoms with Crippen molar-refractivity contribution in [2.45, 2.75) is 32.7 Å². The van der Waals surface area contributed by atoms with Gasteiger partial charge in [-0.05, 0) is 44.9 Å². The predicted octanol–water partition coefficient (Wildman–Crippen LogP) is 2.10. The Hall–Kier alpha value is -1.35. The van der Waals surface area contributed by atoms with E-state index in [0.29, 0.717) is 0 Å². The van der Waals surface area contributed by atoms with Gasteiger partial charge in [-0.25, -0.2) is 0 Å². The summed E-state index contributed by atoms with van der Waals surface area (Å²) in [5.41, 5.74) is 2.19. The van der Waals surface area contributed by atoms with Crippen LogP contribution >= 0.6 is 0 Å². The van der Waals surface area contributed by atoms with Gasteiger partial charge in [-0.1, -0.05) is 18.2 Å². The normalized spacial score (nSPS) is 19.3. The Bertz CT molecular complexity index is 397. The summed E-state index contributed by atoms with van der Waals surface area (Å²) < 4.78 is 0. The highest BCUT2D eigenvalue weighted by Crippen LogP contribution is 2.21. The van der Waals surface area contributed by atoms with E-state index >= 15 is 0 Å². The fourth-order valence-electron chi connectivity index (χ4n) is 2.39. The van der Waals surface area contributed by atoms with Crippen LogP contribution in [0.2, 0.25) is 0 Å². The summed E-state index contributed by atoms with van der Waals surface area (Å²) in [6.07, 6.45) is 2.06. The van der Waals surface area contributed by atoms with Crippen LogP contribution in [-0.2, 0) is 4.79 Å². The third kappa shape index (κ3) is 2.50. The molecule has 0 saturated carbocycles. The van der Waals surface area contributed by atoms with Crippen LogP contribution in [0.25, 0.3) is 0 Å². The topological polar surface area (TPSA) is 32.3 Å². The van der Waals surface area contributed by atoms with E-state index in [1.54, 1.807) is 0 Å². The highest BCUT2D eigenvalue weighted by atomic mass is 16.2. The van der Waals surface area contributed by atoms with E-state index < -0.39 is 0 Å². The molecule has 1 saturated heterocycles. The zero-order chi connectivity index (χ0) is 12.3. The van der Waals surface area contributed by atoms with Crippen molar-refractivity contribution in [1.29, 1.82) is 0 Å². The van der Waals surface area contributed by atoms with Crippen LogP contribution < -0.4 is 10.2 Å². The van der Waals surface area contributed by atoms with Gasteiger partial charge in [-0.3, -0.25) is 4.79 Å². The fraction of sp³-hybridized carbons (Fsp3) is 0.500. The molecule has 1 aliphatic heterocycles. The maximum Gasteiger partial charge on any atom is 0.244 e. The second-order valence-electron chi connectivity index (χ2n) is 4.52. The van der Waals surface area contributed by atoms with Gasteiger partial charge in [0, 0.05) is 12.2 Å². The molecule has 0 radical (unpaired) electrons. The summed E-state index contributed by atoms with van der Waals surface area (Å²) in [6.45, 7) is 5.76. The smallest absolute Gasteiger partial charge is 0.244 e. The van der Waals surface area contributed by atoms with Gasteiger partial charge in [0.05, 0.1) is 6.04 Å². The van der Waals surface area contributed by atoms with E-state index in [4.69, 9.17) is 0 Å². The number of rotatable bonds is 3. The molecule has 2 rings (SSSR count). The van der Waals surface area contributed by atoms with Gasteiger partial charge in [0.15, 0.2) is 0 Å². The first-order valence-electron chi connectivity index (χ1n) is 6.34. The lowest BCUT2D eigenvalue weighted by atomic mass is 10.1. The van der Waals surface area contributed by atoms with Crippen LogP contribution in [0, 0.1) is 6.92 Å². The van der Waals surface area contributed by atoms with E-state index in [-0.39, 0.29) is 11.9 Å². The summed E-state index contributed by atoms with van der Waals surface area (Å²) in [6, 6.07) is 8.07. The first kappa shape index (κ1) is 12.1. The second kappa shape index (κ2) is 5.32. The van der Waals surface area contributed by atoms with Crippen LogP contribution in [0.4, 0.5) is 5.69 Å². The Kier molecular flexibility index (Phi) is 3.79. The number of hydrogen-bond acceptors (Lipinski definition) is 2. The van der Waals surface area contributed by atoms with Gasteiger partial charge < -0.3 is 10.2 Å². The van der Waals surface area contributed by atoms with E-state index in [1.165, 1.54) is 0 Å². The number of aryl methyl sites for hydroxylation is 1. The molecule has 0 unspecified atom stereocenters. The lowest BCUT2D eigenvalue weighted by Gasteiger charge is -2.25. The highest BCUT2D eigenvalue weighted by molar-refractivity contribution is 5.97. The molecule has 0 spiro atoms. The van der Waals surface area contributed by atoms with Crippen molar-refractivity contribution >= 4 is 11.6 Å². The number of carbonyl (C=O) groups is 1. The average Bonchev–Trinajstić information content (AvgIpc) is 2.86. The standard InChI is InChI=1S/C14H20N2O/c1-3-16(13-9-5-4-7-11(13)2)14(17)12-8-6-10-15-12/h4-5,7,9,12,15H,3,6,8,10H2,1-2H3/t12-/m0/s1. The van der Waals surface area contributed by atoms with Gasteiger partial charge in [0.2, 0.25) is 5.91 Å². The second-order valence-corrected chi connectivity index (χ2v) is 4.52. The molecule has 1 amide bonds. The van der Waals surface area contributed by atoms with Crippen molar-refractivity contribution in [2.24, 2.45) is 0 Å². The monoisotopic (exact) mass is 232 g/mol. The summed E-state index contributed by atoms with van der Waals surface area (Å²) in [5, 5.41) is 3.27. The summed E-state index contributed by atoms with van der Waals surface area (Å²) in [5.74, 6) is 0.208. The van der Waals surface area contributed by atoms with Crippen LogP contribution in [0.5, 0.6) is 0 Å². The van der Waals surface area contributed by atoms with Gasteiger partial charge in [0.1, 0.15) is 0 Å². The minimum atomic E-state index is 0.00885. The Labute approximate surface area is 103 Å². The van der Waals surface area contributed by atoms with Crippen LogP contribution in [0.3, 0.4) is 0 Å². The van der Waals surface area contributed by atoms with Gasteiger partial charge in [-0.15, -0.1) is 0 Å². The first-order chi connectivity index (χ1) is 8.24. The average molecular weight is 232 g/mol. The van der Waals surface area contributed by atoms with E-state index in [2.05, 4.69) is 5.32 Å². The lowest BCUT2D eigenvalue weighted by Crippen LogP contribution is -2.44. The Balaban J connectivity index is 2.21. The number of nitrogens with one attached hydrogen (secondary N) is 1. The van der Waals surface area contributed by atoms with Crippen molar-refractivity contribution in [3.05, 3.63) is 29.8 Å². The first-order valence-corrected chi connectivity index (χ1v) is 6.34. The molecule has 0 aliphatic carbocycles. The Morgan fingerprint density at radius 2 is 2.24 bits per heavy atom. The van der Waals surface area contributed by atoms with Gasteiger partial charge >= 0.3 is 0 Å². The van der Waals surface area contributed by atoms with Crippen LogP contribution in [0.1, 0.15) is 25.3 Å². The van der Waals surface area contributed by atoms with Crippen molar-refractivity contribution in [3.63, 3.8) is 0 Å². The number of anilines is 1. The number of amides is 1. The van der Waals surface area contributed by atoms with E-state index in [1.807, 2.05) is 43.0 Å². The zero-order valence-corrected chi connectivity index (χ0v) is 10.6. The highest BCUT2D eigenvalue weighted by Gasteiger charge is 2.27. The summed E-state index contributed by atoms with van der Waals surface area (Å²) in [4.78, 5) is 14.3. The quantitative estimate of drug-likeness (QED) is 0.865. The maximum atomic E-state index is 12.4. The lowest BCUT2D eigenvalue weighted by molar-refractivity contribution is -0.120. The fourth-order valence-corrected chi connectivity index (χ4v) is 2.39. The molecule has 92 valence electrons. The van der Waals surface area contributed by atoms with E-state index in [0.717, 1.165) is 37.2 Å². The van der Waals surface area contributed by atoms with Crippen molar-refractivity contribution < 1.29 is 4.79 Å². The van der Waals surface area contributed by atoms with Crippen molar-refractivity contribution in [2.75, 3.05) is 18.0 Å².